The van der Waals surface area contributed by atoms with Gasteiger partial charge < -0.3 is 20.3 Å². The number of anilines is 2. The molecule has 4 rings (SSSR count). The van der Waals surface area contributed by atoms with Gasteiger partial charge in [-0.25, -0.2) is 4.79 Å². The molecule has 0 bridgehead atoms. The van der Waals surface area contributed by atoms with Gasteiger partial charge >= 0.3 is 6.09 Å². The Morgan fingerprint density at radius 1 is 0.923 bits per heavy atom. The SMILES string of the molecule is CC(C)(C)OC(=O)N1CCC(CC(=O)Nc2ccc(NC(=O)c3ccc(Cl)cc3)cc2)(c2ccc(Br)cc2)C1. The quantitative estimate of drug-likeness (QED) is 0.307. The minimum Gasteiger partial charge on any atom is -0.444 e. The molecule has 3 aromatic rings. The number of ether oxygens (including phenoxy) is 1. The first-order valence-electron chi connectivity index (χ1n) is 12.6. The van der Waals surface area contributed by atoms with E-state index in [1.807, 2.05) is 45.0 Å². The van der Waals surface area contributed by atoms with Gasteiger partial charge in [-0.2, -0.15) is 0 Å². The Bertz CT molecular complexity index is 1340. The molecular weight excluding hydrogens is 582 g/mol. The van der Waals surface area contributed by atoms with Crippen molar-refractivity contribution >= 4 is 56.8 Å². The van der Waals surface area contributed by atoms with Crippen molar-refractivity contribution in [3.05, 3.63) is 93.4 Å². The number of halogens is 2. The molecule has 204 valence electrons. The molecule has 3 amide bonds. The zero-order chi connectivity index (χ0) is 28.2. The van der Waals surface area contributed by atoms with E-state index in [0.717, 1.165) is 10.0 Å². The van der Waals surface area contributed by atoms with Gasteiger partial charge in [0.15, 0.2) is 0 Å². The van der Waals surface area contributed by atoms with Gasteiger partial charge in [0.25, 0.3) is 5.91 Å². The molecule has 0 aliphatic carbocycles. The largest absolute Gasteiger partial charge is 0.444 e. The Labute approximate surface area is 242 Å². The Morgan fingerprint density at radius 3 is 2.10 bits per heavy atom. The van der Waals surface area contributed by atoms with Crippen molar-refractivity contribution in [1.82, 2.24) is 4.90 Å². The second-order valence-electron chi connectivity index (χ2n) is 10.7. The number of nitrogens with zero attached hydrogens (tertiary/aromatic N) is 1. The number of amides is 3. The van der Waals surface area contributed by atoms with Gasteiger partial charge in [-0.05, 0) is 93.4 Å². The van der Waals surface area contributed by atoms with Crippen molar-refractivity contribution in [2.45, 2.75) is 44.6 Å². The maximum Gasteiger partial charge on any atom is 0.410 e. The van der Waals surface area contributed by atoms with E-state index in [2.05, 4.69) is 26.6 Å². The third-order valence-corrected chi connectivity index (χ3v) is 7.27. The molecular formula is C30H31BrClN3O4. The van der Waals surface area contributed by atoms with Gasteiger partial charge in [-0.15, -0.1) is 0 Å². The molecule has 1 atom stereocenters. The smallest absolute Gasteiger partial charge is 0.410 e. The van der Waals surface area contributed by atoms with E-state index < -0.39 is 11.0 Å². The van der Waals surface area contributed by atoms with Crippen LogP contribution in [0, 0.1) is 0 Å². The van der Waals surface area contributed by atoms with E-state index in [1.54, 1.807) is 53.4 Å². The number of hydrogen-bond acceptors (Lipinski definition) is 4. The summed E-state index contributed by atoms with van der Waals surface area (Å²) in [5.41, 5.74) is 1.55. The summed E-state index contributed by atoms with van der Waals surface area (Å²) >= 11 is 9.37. The van der Waals surface area contributed by atoms with Crippen LogP contribution in [0.5, 0.6) is 0 Å². The van der Waals surface area contributed by atoms with Crippen LogP contribution in [0.2, 0.25) is 5.02 Å². The van der Waals surface area contributed by atoms with E-state index in [4.69, 9.17) is 16.3 Å². The molecule has 0 aromatic heterocycles. The summed E-state index contributed by atoms with van der Waals surface area (Å²) in [6, 6.07) is 21.4. The van der Waals surface area contributed by atoms with Crippen LogP contribution in [0.15, 0.2) is 77.3 Å². The molecule has 7 nitrogen and oxygen atoms in total. The molecule has 39 heavy (non-hydrogen) atoms. The standard InChI is InChI=1S/C30H31BrClN3O4/c1-29(2,3)39-28(38)35-17-16-30(19-35,21-6-8-22(31)9-7-21)18-26(36)33-24-12-14-25(15-13-24)34-27(37)20-4-10-23(32)11-5-20/h4-15H,16-19H2,1-3H3,(H,33,36)(H,34,37). The second kappa shape index (κ2) is 11.8. The highest BCUT2D eigenvalue weighted by molar-refractivity contribution is 9.10. The van der Waals surface area contributed by atoms with Crippen molar-refractivity contribution in [3.63, 3.8) is 0 Å². The number of carbonyl (C=O) groups is 3. The summed E-state index contributed by atoms with van der Waals surface area (Å²) in [5.74, 6) is -0.419. The zero-order valence-electron chi connectivity index (χ0n) is 22.1. The first kappa shape index (κ1) is 28.6. The predicted molar refractivity (Wildman–Crippen MR) is 157 cm³/mol. The Morgan fingerprint density at radius 2 is 1.51 bits per heavy atom. The van der Waals surface area contributed by atoms with E-state index in [-0.39, 0.29) is 24.3 Å². The summed E-state index contributed by atoms with van der Waals surface area (Å²) in [6.07, 6.45) is 0.457. The van der Waals surface area contributed by atoms with Crippen LogP contribution in [0.3, 0.4) is 0 Å². The molecule has 2 N–H and O–H groups in total. The molecule has 0 spiro atoms. The topological polar surface area (TPSA) is 87.7 Å². The average Bonchev–Trinajstić information content (AvgIpc) is 3.30. The summed E-state index contributed by atoms with van der Waals surface area (Å²) in [5, 5.41) is 6.36. The normalized spacial score (nSPS) is 17.0. The third-order valence-electron chi connectivity index (χ3n) is 6.49. The second-order valence-corrected chi connectivity index (χ2v) is 12.1. The number of rotatable bonds is 6. The number of nitrogens with one attached hydrogen (secondary N) is 2. The first-order valence-corrected chi connectivity index (χ1v) is 13.8. The first-order chi connectivity index (χ1) is 18.4. The van der Waals surface area contributed by atoms with Gasteiger partial charge in [0, 0.05) is 51.4 Å². The summed E-state index contributed by atoms with van der Waals surface area (Å²) < 4.78 is 6.53. The highest BCUT2D eigenvalue weighted by atomic mass is 79.9. The highest BCUT2D eigenvalue weighted by Gasteiger charge is 2.44. The lowest BCUT2D eigenvalue weighted by Gasteiger charge is -2.30. The molecule has 1 unspecified atom stereocenters. The monoisotopic (exact) mass is 611 g/mol. The Kier molecular flexibility index (Phi) is 8.67. The fourth-order valence-electron chi connectivity index (χ4n) is 4.59. The van der Waals surface area contributed by atoms with Gasteiger partial charge in [-0.3, -0.25) is 9.59 Å². The fourth-order valence-corrected chi connectivity index (χ4v) is 4.98. The van der Waals surface area contributed by atoms with E-state index in [1.165, 1.54) is 0 Å². The minimum atomic E-state index is -0.599. The zero-order valence-corrected chi connectivity index (χ0v) is 24.4. The van der Waals surface area contributed by atoms with Gasteiger partial charge in [0.05, 0.1) is 0 Å². The van der Waals surface area contributed by atoms with Crippen LogP contribution in [0.1, 0.15) is 49.5 Å². The molecule has 1 heterocycles. The van der Waals surface area contributed by atoms with Crippen LogP contribution in [-0.4, -0.2) is 41.5 Å². The maximum absolute atomic E-state index is 13.3. The van der Waals surface area contributed by atoms with Crippen molar-refractivity contribution in [3.8, 4) is 0 Å². The van der Waals surface area contributed by atoms with Gasteiger partial charge in [0.1, 0.15) is 5.60 Å². The van der Waals surface area contributed by atoms with E-state index in [9.17, 15) is 14.4 Å². The fraction of sp³-hybridized carbons (Fsp3) is 0.300. The molecule has 1 aliphatic rings. The van der Waals surface area contributed by atoms with E-state index in [0.29, 0.717) is 41.5 Å². The van der Waals surface area contributed by atoms with E-state index >= 15 is 0 Å². The molecule has 0 saturated carbocycles. The summed E-state index contributed by atoms with van der Waals surface area (Å²) in [4.78, 5) is 40.2. The van der Waals surface area contributed by atoms with Crippen LogP contribution >= 0.6 is 27.5 Å². The third kappa shape index (κ3) is 7.61. The predicted octanol–water partition coefficient (Wildman–Crippen LogP) is 7.26. The molecule has 0 radical (unpaired) electrons. The van der Waals surface area contributed by atoms with Crippen LogP contribution in [0.25, 0.3) is 0 Å². The Hall–Kier alpha value is -3.36. The van der Waals surface area contributed by atoms with Crippen LogP contribution in [0.4, 0.5) is 16.2 Å². The number of likely N-dealkylation sites (tertiary alicyclic amines) is 1. The lowest BCUT2D eigenvalue weighted by molar-refractivity contribution is -0.117. The van der Waals surface area contributed by atoms with Crippen LogP contribution < -0.4 is 10.6 Å². The van der Waals surface area contributed by atoms with Crippen molar-refractivity contribution < 1.29 is 19.1 Å². The molecule has 3 aromatic carbocycles. The maximum atomic E-state index is 13.3. The Balaban J connectivity index is 1.43. The van der Waals surface area contributed by atoms with Gasteiger partial charge in [-0.1, -0.05) is 39.7 Å². The molecule has 1 fully saturated rings. The molecule has 1 aliphatic heterocycles. The lowest BCUT2D eigenvalue weighted by atomic mass is 9.76. The lowest BCUT2D eigenvalue weighted by Crippen LogP contribution is -2.39. The average molecular weight is 613 g/mol. The highest BCUT2D eigenvalue weighted by Crippen LogP contribution is 2.39. The van der Waals surface area contributed by atoms with Crippen molar-refractivity contribution in [2.24, 2.45) is 0 Å². The van der Waals surface area contributed by atoms with Crippen LogP contribution in [-0.2, 0) is 14.9 Å². The van der Waals surface area contributed by atoms with Crippen molar-refractivity contribution in [1.29, 1.82) is 0 Å². The number of hydrogen-bond donors (Lipinski definition) is 2. The van der Waals surface area contributed by atoms with Crippen molar-refractivity contribution in [2.75, 3.05) is 23.7 Å². The minimum absolute atomic E-state index is 0.165. The number of carbonyl (C=O) groups excluding carboxylic acids is 3. The summed E-state index contributed by atoms with van der Waals surface area (Å²) in [6.45, 7) is 6.40. The number of benzene rings is 3. The molecule has 1 saturated heterocycles. The summed E-state index contributed by atoms with van der Waals surface area (Å²) in [7, 11) is 0. The van der Waals surface area contributed by atoms with Gasteiger partial charge in [0.2, 0.25) is 5.91 Å². The molecule has 9 heteroatoms.